The Hall–Kier alpha value is -1.79. The molecule has 7 heteroatoms. The van der Waals surface area contributed by atoms with Gasteiger partial charge in [-0.1, -0.05) is 13.3 Å². The Bertz CT molecular complexity index is 271. The normalized spacial score (nSPS) is 11.4. The van der Waals surface area contributed by atoms with Gasteiger partial charge in [0.1, 0.15) is 6.04 Å². The average molecular weight is 258 g/mol. The van der Waals surface area contributed by atoms with Gasteiger partial charge in [0.2, 0.25) is 6.41 Å². The summed E-state index contributed by atoms with van der Waals surface area (Å²) in [6.45, 7) is 2.86. The van der Waals surface area contributed by atoms with Gasteiger partial charge >= 0.3 is 5.97 Å². The van der Waals surface area contributed by atoms with Gasteiger partial charge in [0.05, 0.1) is 6.61 Å². The lowest BCUT2D eigenvalue weighted by molar-refractivity contribution is -0.147. The monoisotopic (exact) mass is 258 g/mol. The van der Waals surface area contributed by atoms with Gasteiger partial charge in [-0.15, -0.1) is 0 Å². The lowest BCUT2D eigenvalue weighted by Gasteiger charge is -2.15. The number of amides is 1. The minimum absolute atomic E-state index is 0.111. The van der Waals surface area contributed by atoms with Crippen molar-refractivity contribution in [2.24, 2.45) is 5.73 Å². The van der Waals surface area contributed by atoms with E-state index in [1.165, 1.54) is 0 Å². The van der Waals surface area contributed by atoms with Crippen LogP contribution in [-0.2, 0) is 14.3 Å². The van der Waals surface area contributed by atoms with Crippen molar-refractivity contribution in [1.82, 2.24) is 10.6 Å². The van der Waals surface area contributed by atoms with Crippen LogP contribution in [0, 0.1) is 5.41 Å². The van der Waals surface area contributed by atoms with Gasteiger partial charge in [0, 0.05) is 6.54 Å². The number of hydrogen-bond acceptors (Lipinski definition) is 4. The number of unbranched alkanes of at least 4 members (excludes halogenated alkanes) is 1. The molecule has 0 aliphatic heterocycles. The third kappa shape index (κ3) is 8.37. The Morgan fingerprint density at radius 1 is 1.50 bits per heavy atom. The molecule has 5 N–H and O–H groups in total. The summed E-state index contributed by atoms with van der Waals surface area (Å²) in [6, 6.07) is -0.631. The molecule has 0 aliphatic rings. The molecule has 0 fully saturated rings. The quantitative estimate of drug-likeness (QED) is 0.141. The molecule has 0 radical (unpaired) electrons. The number of hydrogen-bond donors (Lipinski definition) is 4. The molecule has 0 aliphatic carbocycles. The fraction of sp³-hybridized carbons (Fsp3) is 0.727. The highest BCUT2D eigenvalue weighted by Crippen LogP contribution is 2.00. The van der Waals surface area contributed by atoms with E-state index in [4.69, 9.17) is 15.9 Å². The van der Waals surface area contributed by atoms with Crippen molar-refractivity contribution in [2.45, 2.75) is 38.6 Å². The first-order valence-corrected chi connectivity index (χ1v) is 6.06. The standard InChI is InChI=1S/C11H22N4O3/c1-2-3-7-18-10(17)9(15-8-16)5-4-6-14-11(12)13/h8-9H,2-7H2,1H3,(H,15,16)(H4,12,13,14)/t9-/m0/s1. The van der Waals surface area contributed by atoms with Gasteiger partial charge in [0.25, 0.3) is 0 Å². The molecule has 0 aromatic heterocycles. The number of esters is 1. The van der Waals surface area contributed by atoms with E-state index < -0.39 is 12.0 Å². The summed E-state index contributed by atoms with van der Waals surface area (Å²) in [5, 5.41) is 12.0. The van der Waals surface area contributed by atoms with Crippen LogP contribution in [0.1, 0.15) is 32.6 Å². The van der Waals surface area contributed by atoms with Crippen molar-refractivity contribution in [3.8, 4) is 0 Å². The second-order valence-electron chi connectivity index (χ2n) is 3.84. The van der Waals surface area contributed by atoms with Crippen molar-refractivity contribution in [3.63, 3.8) is 0 Å². The van der Waals surface area contributed by atoms with E-state index in [-0.39, 0.29) is 5.96 Å². The molecule has 1 atom stereocenters. The van der Waals surface area contributed by atoms with Crippen LogP contribution < -0.4 is 16.4 Å². The largest absolute Gasteiger partial charge is 0.464 e. The second-order valence-corrected chi connectivity index (χ2v) is 3.84. The van der Waals surface area contributed by atoms with Crippen LogP contribution in [0.5, 0.6) is 0 Å². The summed E-state index contributed by atoms with van der Waals surface area (Å²) >= 11 is 0. The molecule has 1 amide bonds. The van der Waals surface area contributed by atoms with Crippen molar-refractivity contribution in [2.75, 3.05) is 13.2 Å². The van der Waals surface area contributed by atoms with Gasteiger partial charge in [0.15, 0.2) is 5.96 Å². The smallest absolute Gasteiger partial charge is 0.328 e. The minimum atomic E-state index is -0.631. The second kappa shape index (κ2) is 10.4. The van der Waals surface area contributed by atoms with Crippen LogP contribution in [0.4, 0.5) is 0 Å². The number of ether oxygens (including phenoxy) is 1. The molecule has 0 saturated carbocycles. The number of carbonyl (C=O) groups is 2. The lowest BCUT2D eigenvalue weighted by atomic mass is 10.1. The Kier molecular flexibility index (Phi) is 9.34. The van der Waals surface area contributed by atoms with Gasteiger partial charge < -0.3 is 21.1 Å². The zero-order valence-corrected chi connectivity index (χ0v) is 10.7. The topological polar surface area (TPSA) is 117 Å². The van der Waals surface area contributed by atoms with E-state index in [0.29, 0.717) is 32.4 Å². The highest BCUT2D eigenvalue weighted by molar-refractivity contribution is 5.78. The summed E-state index contributed by atoms with van der Waals surface area (Å²) in [5.74, 6) is -0.529. The van der Waals surface area contributed by atoms with Gasteiger partial charge in [-0.2, -0.15) is 0 Å². The molecule has 0 aromatic carbocycles. The number of nitrogens with two attached hydrogens (primary N) is 1. The SMILES string of the molecule is CCCCOC(=O)[C@H](CCCNC(=N)N)NC=O. The summed E-state index contributed by atoms with van der Waals surface area (Å²) in [6.07, 6.45) is 3.30. The van der Waals surface area contributed by atoms with E-state index in [1.54, 1.807) is 0 Å². The van der Waals surface area contributed by atoms with E-state index in [9.17, 15) is 9.59 Å². The molecule has 0 rings (SSSR count). The molecule has 0 unspecified atom stereocenters. The number of nitrogens with one attached hydrogen (secondary N) is 3. The van der Waals surface area contributed by atoms with Gasteiger partial charge in [-0.3, -0.25) is 10.2 Å². The Morgan fingerprint density at radius 3 is 2.78 bits per heavy atom. The molecule has 0 spiro atoms. The van der Waals surface area contributed by atoms with Crippen molar-refractivity contribution in [3.05, 3.63) is 0 Å². The van der Waals surface area contributed by atoms with Crippen LogP contribution in [-0.4, -0.2) is 37.5 Å². The lowest BCUT2D eigenvalue weighted by Crippen LogP contribution is -2.38. The molecular weight excluding hydrogens is 236 g/mol. The van der Waals surface area contributed by atoms with E-state index >= 15 is 0 Å². The van der Waals surface area contributed by atoms with Gasteiger partial charge in [-0.25, -0.2) is 4.79 Å². The maximum absolute atomic E-state index is 11.6. The molecule has 0 bridgehead atoms. The summed E-state index contributed by atoms with van der Waals surface area (Å²) < 4.78 is 5.03. The highest BCUT2D eigenvalue weighted by Gasteiger charge is 2.18. The zero-order valence-electron chi connectivity index (χ0n) is 10.7. The molecule has 0 aromatic rings. The summed E-state index contributed by atoms with van der Waals surface area (Å²) in [4.78, 5) is 22.0. The van der Waals surface area contributed by atoms with Crippen LogP contribution in [0.15, 0.2) is 0 Å². The van der Waals surface area contributed by atoms with Gasteiger partial charge in [-0.05, 0) is 19.3 Å². The Morgan fingerprint density at radius 2 is 2.22 bits per heavy atom. The first-order chi connectivity index (χ1) is 8.61. The van der Waals surface area contributed by atoms with Crippen LogP contribution >= 0.6 is 0 Å². The van der Waals surface area contributed by atoms with Crippen molar-refractivity contribution < 1.29 is 14.3 Å². The molecule has 104 valence electrons. The first kappa shape index (κ1) is 16.2. The number of carbonyl (C=O) groups excluding carboxylic acids is 2. The van der Waals surface area contributed by atoms with E-state index in [2.05, 4.69) is 10.6 Å². The number of rotatable bonds is 10. The van der Waals surface area contributed by atoms with Crippen LogP contribution in [0.25, 0.3) is 0 Å². The summed E-state index contributed by atoms with van der Waals surface area (Å²) in [7, 11) is 0. The fourth-order valence-electron chi connectivity index (χ4n) is 1.30. The van der Waals surface area contributed by atoms with Crippen molar-refractivity contribution in [1.29, 1.82) is 5.41 Å². The van der Waals surface area contributed by atoms with E-state index in [1.807, 2.05) is 6.92 Å². The molecule has 0 heterocycles. The molecular formula is C11H22N4O3. The number of guanidine groups is 1. The third-order valence-electron chi connectivity index (χ3n) is 2.28. The predicted molar refractivity (Wildman–Crippen MR) is 68.0 cm³/mol. The highest BCUT2D eigenvalue weighted by atomic mass is 16.5. The van der Waals surface area contributed by atoms with E-state index in [0.717, 1.165) is 12.8 Å². The maximum atomic E-state index is 11.6. The minimum Gasteiger partial charge on any atom is -0.464 e. The zero-order chi connectivity index (χ0) is 13.8. The fourth-order valence-corrected chi connectivity index (χ4v) is 1.30. The Balaban J connectivity index is 3.92. The average Bonchev–Trinajstić information content (AvgIpc) is 2.33. The molecule has 18 heavy (non-hydrogen) atoms. The predicted octanol–water partition coefficient (Wildman–Crippen LogP) is -0.292. The third-order valence-corrected chi connectivity index (χ3v) is 2.28. The summed E-state index contributed by atoms with van der Waals surface area (Å²) in [5.41, 5.74) is 5.12. The molecule has 7 nitrogen and oxygen atoms in total. The maximum Gasteiger partial charge on any atom is 0.328 e. The first-order valence-electron chi connectivity index (χ1n) is 6.06. The Labute approximate surface area is 107 Å². The van der Waals surface area contributed by atoms with Crippen molar-refractivity contribution >= 4 is 18.3 Å². The van der Waals surface area contributed by atoms with Crippen LogP contribution in [0.2, 0.25) is 0 Å². The molecule has 0 saturated heterocycles. The van der Waals surface area contributed by atoms with Crippen LogP contribution in [0.3, 0.4) is 0 Å².